The van der Waals surface area contributed by atoms with Crippen LogP contribution in [0.1, 0.15) is 19.8 Å². The Hall–Kier alpha value is -0.300. The van der Waals surface area contributed by atoms with E-state index in [1.807, 2.05) is 0 Å². The third-order valence-electron chi connectivity index (χ3n) is 3.51. The van der Waals surface area contributed by atoms with Crippen LogP contribution in [0.3, 0.4) is 0 Å². The molecule has 2 aliphatic carbocycles. The van der Waals surface area contributed by atoms with Crippen LogP contribution in [0.2, 0.25) is 0 Å². The van der Waals surface area contributed by atoms with Crippen LogP contribution in [0.25, 0.3) is 0 Å². The second-order valence-electron chi connectivity index (χ2n) is 3.98. The molecule has 0 radical (unpaired) electrons. The molecular weight excluding hydrogens is 136 g/mol. The lowest BCUT2D eigenvalue weighted by Gasteiger charge is -2.23. The quantitative estimate of drug-likeness (QED) is 0.598. The largest absolute Gasteiger partial charge is 0.396 e. The standard InChI is InChI=1S/C10H16O/c1-7-8-2-3-9(6-8)10(7)4-5-11/h2-3,7-11H,4-6H2,1H3. The van der Waals surface area contributed by atoms with Gasteiger partial charge in [-0.05, 0) is 36.5 Å². The lowest BCUT2D eigenvalue weighted by atomic mass is 9.82. The molecule has 0 aromatic heterocycles. The lowest BCUT2D eigenvalue weighted by molar-refractivity contribution is 0.216. The van der Waals surface area contributed by atoms with E-state index >= 15 is 0 Å². The van der Waals surface area contributed by atoms with Crippen molar-refractivity contribution in [2.24, 2.45) is 23.7 Å². The predicted molar refractivity (Wildman–Crippen MR) is 45.1 cm³/mol. The first-order valence-electron chi connectivity index (χ1n) is 4.62. The highest BCUT2D eigenvalue weighted by Gasteiger charge is 2.40. The molecule has 1 heteroatoms. The molecule has 2 aliphatic rings. The summed E-state index contributed by atoms with van der Waals surface area (Å²) >= 11 is 0. The number of rotatable bonds is 2. The Morgan fingerprint density at radius 3 is 2.64 bits per heavy atom. The second-order valence-corrected chi connectivity index (χ2v) is 3.98. The summed E-state index contributed by atoms with van der Waals surface area (Å²) in [6.07, 6.45) is 7.08. The molecule has 2 bridgehead atoms. The summed E-state index contributed by atoms with van der Waals surface area (Å²) in [5, 5.41) is 8.85. The fourth-order valence-electron chi connectivity index (χ4n) is 2.80. The van der Waals surface area contributed by atoms with E-state index < -0.39 is 0 Å². The summed E-state index contributed by atoms with van der Waals surface area (Å²) in [5.74, 6) is 3.21. The minimum atomic E-state index is 0.367. The molecule has 1 saturated carbocycles. The first kappa shape index (κ1) is 7.35. The van der Waals surface area contributed by atoms with Gasteiger partial charge >= 0.3 is 0 Å². The maximum atomic E-state index is 8.85. The summed E-state index contributed by atoms with van der Waals surface area (Å²) in [5.41, 5.74) is 0. The van der Waals surface area contributed by atoms with Crippen molar-refractivity contribution in [2.45, 2.75) is 19.8 Å². The summed E-state index contributed by atoms with van der Waals surface area (Å²) < 4.78 is 0. The maximum Gasteiger partial charge on any atom is 0.0433 e. The summed E-state index contributed by atoms with van der Waals surface area (Å²) in [7, 11) is 0. The van der Waals surface area contributed by atoms with Crippen LogP contribution < -0.4 is 0 Å². The molecule has 11 heavy (non-hydrogen) atoms. The van der Waals surface area contributed by atoms with Gasteiger partial charge in [-0.15, -0.1) is 0 Å². The molecule has 0 aromatic carbocycles. The van der Waals surface area contributed by atoms with Crippen molar-refractivity contribution in [1.82, 2.24) is 0 Å². The first-order chi connectivity index (χ1) is 5.33. The fourth-order valence-corrected chi connectivity index (χ4v) is 2.80. The molecule has 0 aromatic rings. The fraction of sp³-hybridized carbons (Fsp3) is 0.800. The monoisotopic (exact) mass is 152 g/mol. The molecule has 0 saturated heterocycles. The molecule has 0 heterocycles. The smallest absolute Gasteiger partial charge is 0.0433 e. The highest BCUT2D eigenvalue weighted by molar-refractivity contribution is 5.12. The maximum absolute atomic E-state index is 8.85. The molecule has 0 aliphatic heterocycles. The van der Waals surface area contributed by atoms with E-state index in [-0.39, 0.29) is 0 Å². The zero-order valence-electron chi connectivity index (χ0n) is 7.03. The summed E-state index contributed by atoms with van der Waals surface area (Å²) in [4.78, 5) is 0. The Kier molecular flexibility index (Phi) is 1.76. The van der Waals surface area contributed by atoms with Crippen molar-refractivity contribution in [3.63, 3.8) is 0 Å². The summed E-state index contributed by atoms with van der Waals surface area (Å²) in [6.45, 7) is 2.70. The number of aliphatic hydroxyl groups excluding tert-OH is 1. The van der Waals surface area contributed by atoms with E-state index in [0.29, 0.717) is 6.61 Å². The van der Waals surface area contributed by atoms with Crippen molar-refractivity contribution in [3.05, 3.63) is 12.2 Å². The van der Waals surface area contributed by atoms with Gasteiger partial charge in [-0.3, -0.25) is 0 Å². The van der Waals surface area contributed by atoms with Crippen molar-refractivity contribution < 1.29 is 5.11 Å². The van der Waals surface area contributed by atoms with E-state index in [1.54, 1.807) is 0 Å². The van der Waals surface area contributed by atoms with Gasteiger partial charge in [0.1, 0.15) is 0 Å². The molecule has 1 N–H and O–H groups in total. The third kappa shape index (κ3) is 1.02. The normalized spacial score (nSPS) is 47.1. The topological polar surface area (TPSA) is 20.2 Å². The predicted octanol–water partition coefficient (Wildman–Crippen LogP) is 1.83. The average molecular weight is 152 g/mol. The van der Waals surface area contributed by atoms with Crippen LogP contribution in [-0.4, -0.2) is 11.7 Å². The SMILES string of the molecule is CC1C2C=CC(C2)C1CCO. The molecule has 1 nitrogen and oxygen atoms in total. The second kappa shape index (κ2) is 2.63. The number of hydrogen-bond acceptors (Lipinski definition) is 1. The van der Waals surface area contributed by atoms with Gasteiger partial charge in [-0.1, -0.05) is 19.1 Å². The third-order valence-corrected chi connectivity index (χ3v) is 3.51. The Labute approximate surface area is 68.1 Å². The molecule has 62 valence electrons. The van der Waals surface area contributed by atoms with Gasteiger partial charge < -0.3 is 5.11 Å². The highest BCUT2D eigenvalue weighted by atomic mass is 16.3. The van der Waals surface area contributed by atoms with E-state index in [1.165, 1.54) is 6.42 Å². The molecule has 1 fully saturated rings. The molecule has 0 spiro atoms. The van der Waals surface area contributed by atoms with Crippen LogP contribution in [0.4, 0.5) is 0 Å². The van der Waals surface area contributed by atoms with Gasteiger partial charge in [-0.2, -0.15) is 0 Å². The van der Waals surface area contributed by atoms with Gasteiger partial charge in [0.05, 0.1) is 0 Å². The van der Waals surface area contributed by atoms with E-state index in [9.17, 15) is 0 Å². The van der Waals surface area contributed by atoms with Crippen molar-refractivity contribution in [3.8, 4) is 0 Å². The van der Waals surface area contributed by atoms with Gasteiger partial charge in [0.2, 0.25) is 0 Å². The molecule has 4 atom stereocenters. The van der Waals surface area contributed by atoms with Crippen molar-refractivity contribution in [2.75, 3.05) is 6.61 Å². The van der Waals surface area contributed by atoms with Crippen LogP contribution in [0.15, 0.2) is 12.2 Å². The van der Waals surface area contributed by atoms with Crippen LogP contribution >= 0.6 is 0 Å². The molecule has 2 rings (SSSR count). The number of fused-ring (bicyclic) bond motifs is 2. The van der Waals surface area contributed by atoms with Gasteiger partial charge in [-0.25, -0.2) is 0 Å². The Morgan fingerprint density at radius 2 is 2.09 bits per heavy atom. The van der Waals surface area contributed by atoms with E-state index in [4.69, 9.17) is 5.11 Å². The minimum absolute atomic E-state index is 0.367. The molecule has 0 amide bonds. The molecule has 4 unspecified atom stereocenters. The number of hydrogen-bond donors (Lipinski definition) is 1. The van der Waals surface area contributed by atoms with Gasteiger partial charge in [0.15, 0.2) is 0 Å². The zero-order valence-corrected chi connectivity index (χ0v) is 7.03. The number of aliphatic hydroxyl groups is 1. The lowest BCUT2D eigenvalue weighted by Crippen LogP contribution is -2.17. The highest BCUT2D eigenvalue weighted by Crippen LogP contribution is 2.48. The first-order valence-corrected chi connectivity index (χ1v) is 4.62. The van der Waals surface area contributed by atoms with Crippen LogP contribution in [-0.2, 0) is 0 Å². The van der Waals surface area contributed by atoms with Crippen LogP contribution in [0, 0.1) is 23.7 Å². The Balaban J connectivity index is 2.06. The van der Waals surface area contributed by atoms with Gasteiger partial charge in [0, 0.05) is 6.61 Å². The minimum Gasteiger partial charge on any atom is -0.396 e. The average Bonchev–Trinajstić information content (AvgIpc) is 2.54. The zero-order chi connectivity index (χ0) is 7.84. The van der Waals surface area contributed by atoms with Crippen molar-refractivity contribution >= 4 is 0 Å². The van der Waals surface area contributed by atoms with Crippen LogP contribution in [0.5, 0.6) is 0 Å². The number of allylic oxidation sites excluding steroid dienone is 2. The van der Waals surface area contributed by atoms with Crippen molar-refractivity contribution in [1.29, 1.82) is 0 Å². The van der Waals surface area contributed by atoms with E-state index in [0.717, 1.165) is 30.1 Å². The Bertz CT molecular complexity index is 174. The van der Waals surface area contributed by atoms with Gasteiger partial charge in [0.25, 0.3) is 0 Å². The van der Waals surface area contributed by atoms with E-state index in [2.05, 4.69) is 19.1 Å². The molecular formula is C10H16O. The Morgan fingerprint density at radius 1 is 1.36 bits per heavy atom. The summed E-state index contributed by atoms with van der Waals surface area (Å²) in [6, 6.07) is 0.